The Morgan fingerprint density at radius 2 is 2.12 bits per heavy atom. The second-order valence-electron chi connectivity index (χ2n) is 5.97. The van der Waals surface area contributed by atoms with E-state index in [9.17, 15) is 4.79 Å². The molecule has 2 rings (SSSR count). The van der Waals surface area contributed by atoms with Gasteiger partial charge in [0.25, 0.3) is 5.56 Å². The van der Waals surface area contributed by atoms with Gasteiger partial charge in [-0.1, -0.05) is 0 Å². The lowest BCUT2D eigenvalue weighted by molar-refractivity contribution is 0.743. The van der Waals surface area contributed by atoms with Gasteiger partial charge in [-0.2, -0.15) is 5.26 Å². The van der Waals surface area contributed by atoms with Crippen molar-refractivity contribution in [1.82, 2.24) is 15.0 Å². The van der Waals surface area contributed by atoms with Gasteiger partial charge >= 0.3 is 0 Å². The number of hydrogen-bond donors (Lipinski definition) is 1. The highest BCUT2D eigenvalue weighted by Gasteiger charge is 2.09. The molecule has 24 heavy (non-hydrogen) atoms. The van der Waals surface area contributed by atoms with Gasteiger partial charge in [-0.25, -0.2) is 9.97 Å². The fourth-order valence-electron chi connectivity index (χ4n) is 2.18. The SMILES string of the molecule is CC(=Cc1ccc(N(C)C(C)C)nc1)c1nc(C)c(C#N)c(=O)[nH]1. The van der Waals surface area contributed by atoms with Crippen molar-refractivity contribution >= 4 is 17.5 Å². The van der Waals surface area contributed by atoms with Crippen LogP contribution in [0.15, 0.2) is 23.1 Å². The normalized spacial score (nSPS) is 11.5. The van der Waals surface area contributed by atoms with Crippen molar-refractivity contribution in [2.75, 3.05) is 11.9 Å². The van der Waals surface area contributed by atoms with E-state index in [1.807, 2.05) is 38.2 Å². The number of rotatable bonds is 4. The highest BCUT2D eigenvalue weighted by molar-refractivity contribution is 5.77. The Morgan fingerprint density at radius 1 is 1.42 bits per heavy atom. The van der Waals surface area contributed by atoms with Gasteiger partial charge in [-0.05, 0) is 57.0 Å². The van der Waals surface area contributed by atoms with E-state index in [4.69, 9.17) is 5.26 Å². The number of nitriles is 1. The van der Waals surface area contributed by atoms with Gasteiger partial charge in [0.05, 0.1) is 5.69 Å². The topological polar surface area (TPSA) is 85.7 Å². The number of pyridine rings is 1. The van der Waals surface area contributed by atoms with E-state index < -0.39 is 5.56 Å². The summed E-state index contributed by atoms with van der Waals surface area (Å²) in [5.74, 6) is 1.36. The molecule has 0 amide bonds. The van der Waals surface area contributed by atoms with E-state index >= 15 is 0 Å². The number of aromatic nitrogens is 3. The van der Waals surface area contributed by atoms with Crippen LogP contribution in [0.2, 0.25) is 0 Å². The Labute approximate surface area is 141 Å². The van der Waals surface area contributed by atoms with Crippen LogP contribution in [0.1, 0.15) is 43.4 Å². The Hall–Kier alpha value is -2.94. The van der Waals surface area contributed by atoms with Crippen molar-refractivity contribution in [3.63, 3.8) is 0 Å². The smallest absolute Gasteiger partial charge is 0.269 e. The van der Waals surface area contributed by atoms with E-state index in [1.165, 1.54) is 0 Å². The number of nitrogens with one attached hydrogen (secondary N) is 1. The number of aryl methyl sites for hydroxylation is 1. The number of hydrogen-bond acceptors (Lipinski definition) is 5. The van der Waals surface area contributed by atoms with Crippen LogP contribution >= 0.6 is 0 Å². The van der Waals surface area contributed by atoms with Gasteiger partial charge in [0, 0.05) is 19.3 Å². The van der Waals surface area contributed by atoms with Crippen LogP contribution in [0, 0.1) is 18.3 Å². The van der Waals surface area contributed by atoms with Crippen LogP contribution in [-0.2, 0) is 0 Å². The Balaban J connectivity index is 2.32. The first-order valence-electron chi connectivity index (χ1n) is 7.72. The molecule has 6 heteroatoms. The molecule has 0 aromatic carbocycles. The maximum Gasteiger partial charge on any atom is 0.269 e. The second kappa shape index (κ2) is 7.09. The van der Waals surface area contributed by atoms with Crippen molar-refractivity contribution in [2.45, 2.75) is 33.7 Å². The maximum absolute atomic E-state index is 11.9. The summed E-state index contributed by atoms with van der Waals surface area (Å²) in [5, 5.41) is 8.94. The zero-order valence-corrected chi connectivity index (χ0v) is 14.6. The van der Waals surface area contributed by atoms with Crippen LogP contribution in [0.3, 0.4) is 0 Å². The van der Waals surface area contributed by atoms with E-state index in [0.29, 0.717) is 17.6 Å². The van der Waals surface area contributed by atoms with Gasteiger partial charge in [0.15, 0.2) is 0 Å². The molecule has 0 atom stereocenters. The average molecular weight is 323 g/mol. The molecule has 0 bridgehead atoms. The monoisotopic (exact) mass is 323 g/mol. The molecule has 0 aliphatic rings. The summed E-state index contributed by atoms with van der Waals surface area (Å²) >= 11 is 0. The lowest BCUT2D eigenvalue weighted by Gasteiger charge is -2.22. The molecule has 0 unspecified atom stereocenters. The molecule has 0 fully saturated rings. The number of nitrogens with zero attached hydrogens (tertiary/aromatic N) is 4. The van der Waals surface area contributed by atoms with E-state index in [0.717, 1.165) is 17.0 Å². The first-order chi connectivity index (χ1) is 11.3. The first kappa shape index (κ1) is 17.4. The standard InChI is InChI=1S/C18H21N5O/c1-11(2)23(5)16-7-6-14(10-20-16)8-12(3)17-21-13(4)15(9-19)18(24)22-17/h6-8,10-11H,1-5H3,(H,21,22,24). The molecule has 2 heterocycles. The van der Waals surface area contributed by atoms with E-state index in [2.05, 4.69) is 33.7 Å². The largest absolute Gasteiger partial charge is 0.357 e. The van der Waals surface area contributed by atoms with Crippen molar-refractivity contribution in [2.24, 2.45) is 0 Å². The molecule has 1 N–H and O–H groups in total. The number of allylic oxidation sites excluding steroid dienone is 1. The fourth-order valence-corrected chi connectivity index (χ4v) is 2.18. The van der Waals surface area contributed by atoms with E-state index in [1.54, 1.807) is 13.1 Å². The van der Waals surface area contributed by atoms with Crippen molar-refractivity contribution in [3.8, 4) is 6.07 Å². The summed E-state index contributed by atoms with van der Waals surface area (Å²) in [6.45, 7) is 7.73. The first-order valence-corrected chi connectivity index (χ1v) is 7.72. The maximum atomic E-state index is 11.9. The predicted octanol–water partition coefficient (Wildman–Crippen LogP) is 2.75. The van der Waals surface area contributed by atoms with Crippen molar-refractivity contribution < 1.29 is 0 Å². The number of H-pyrrole nitrogens is 1. The molecule has 0 saturated carbocycles. The molecule has 6 nitrogen and oxygen atoms in total. The average Bonchev–Trinajstić information content (AvgIpc) is 2.54. The predicted molar refractivity (Wildman–Crippen MR) is 95.6 cm³/mol. The minimum atomic E-state index is -0.417. The quantitative estimate of drug-likeness (QED) is 0.935. The van der Waals surface area contributed by atoms with Crippen LogP contribution in [0.25, 0.3) is 11.6 Å². The number of anilines is 1. The van der Waals surface area contributed by atoms with Gasteiger partial charge in [-0.3, -0.25) is 4.79 Å². The second-order valence-corrected chi connectivity index (χ2v) is 5.97. The van der Waals surface area contributed by atoms with Crippen LogP contribution in [0.4, 0.5) is 5.82 Å². The minimum absolute atomic E-state index is 0.0503. The molecule has 0 aliphatic carbocycles. The zero-order valence-electron chi connectivity index (χ0n) is 14.6. The van der Waals surface area contributed by atoms with Gasteiger partial charge in [0.1, 0.15) is 23.3 Å². The minimum Gasteiger partial charge on any atom is -0.357 e. The molecule has 124 valence electrons. The summed E-state index contributed by atoms with van der Waals surface area (Å²) in [7, 11) is 2.00. The summed E-state index contributed by atoms with van der Waals surface area (Å²) in [6.07, 6.45) is 3.68. The van der Waals surface area contributed by atoms with Gasteiger partial charge in [0.2, 0.25) is 0 Å². The third kappa shape index (κ3) is 3.69. The Bertz CT molecular complexity index is 856. The zero-order chi connectivity index (χ0) is 17.9. The van der Waals surface area contributed by atoms with Gasteiger partial charge in [-0.15, -0.1) is 0 Å². The number of aromatic amines is 1. The lowest BCUT2D eigenvalue weighted by atomic mass is 10.1. The molecule has 0 spiro atoms. The summed E-state index contributed by atoms with van der Waals surface area (Å²) in [4.78, 5) is 25.4. The molecule has 2 aromatic rings. The molecule has 0 saturated heterocycles. The van der Waals surface area contributed by atoms with Crippen molar-refractivity contribution in [3.05, 3.63) is 51.3 Å². The van der Waals surface area contributed by atoms with E-state index in [-0.39, 0.29) is 5.56 Å². The highest BCUT2D eigenvalue weighted by atomic mass is 16.1. The van der Waals surface area contributed by atoms with Gasteiger partial charge < -0.3 is 9.88 Å². The Kier molecular flexibility index (Phi) is 5.14. The summed E-state index contributed by atoms with van der Waals surface area (Å²) < 4.78 is 0. The highest BCUT2D eigenvalue weighted by Crippen LogP contribution is 2.17. The van der Waals surface area contributed by atoms with Crippen LogP contribution in [-0.4, -0.2) is 28.0 Å². The molecule has 0 aliphatic heterocycles. The summed E-state index contributed by atoms with van der Waals surface area (Å²) in [6, 6.07) is 6.17. The van der Waals surface area contributed by atoms with Crippen molar-refractivity contribution in [1.29, 1.82) is 5.26 Å². The molecule has 0 radical (unpaired) electrons. The van der Waals surface area contributed by atoms with Crippen LogP contribution < -0.4 is 10.5 Å². The lowest BCUT2D eigenvalue weighted by Crippen LogP contribution is -2.26. The fraction of sp³-hybridized carbons (Fsp3) is 0.333. The molecule has 2 aromatic heterocycles. The molecular formula is C18H21N5O. The molecular weight excluding hydrogens is 302 g/mol. The Morgan fingerprint density at radius 3 is 2.62 bits per heavy atom. The van der Waals surface area contributed by atoms with Crippen LogP contribution in [0.5, 0.6) is 0 Å². The third-order valence-electron chi connectivity index (χ3n) is 3.88. The third-order valence-corrected chi connectivity index (χ3v) is 3.88. The summed E-state index contributed by atoms with van der Waals surface area (Å²) in [5.41, 5.74) is 1.77.